The van der Waals surface area contributed by atoms with Gasteiger partial charge in [0.15, 0.2) is 0 Å². The van der Waals surface area contributed by atoms with Gasteiger partial charge in [-0.2, -0.15) is 0 Å². The fourth-order valence-corrected chi connectivity index (χ4v) is 6.18. The topological polar surface area (TPSA) is 36.0 Å². The van der Waals surface area contributed by atoms with Gasteiger partial charge < -0.3 is 19.4 Å². The number of benzene rings is 1. The Morgan fingerprint density at radius 1 is 1.09 bits per heavy atom. The van der Waals surface area contributed by atoms with Crippen molar-refractivity contribution in [1.29, 1.82) is 0 Å². The maximum Gasteiger partial charge on any atom is 0.410 e. The van der Waals surface area contributed by atoms with Crippen LogP contribution in [-0.2, 0) is 11.3 Å². The Morgan fingerprint density at radius 3 is 2.45 bits per heavy atom. The summed E-state index contributed by atoms with van der Waals surface area (Å²) in [6.07, 6.45) is 8.20. The molecule has 1 aliphatic carbocycles. The number of carbonyl (C=O) groups excluding carboxylic acids is 1. The zero-order valence-corrected chi connectivity index (χ0v) is 20.6. The van der Waals surface area contributed by atoms with Gasteiger partial charge in [-0.05, 0) is 87.6 Å². The molecule has 0 spiro atoms. The SMILES string of the molecule is CCCN(C(=O)OCc1ccc(F)cc1)C1CCN(C[C@H]2CC(N3CCCC3)CC2C)CC1. The Bertz CT molecular complexity index is 744. The Morgan fingerprint density at radius 2 is 1.79 bits per heavy atom. The smallest absolute Gasteiger partial charge is 0.410 e. The quantitative estimate of drug-likeness (QED) is 0.539. The first-order valence-corrected chi connectivity index (χ1v) is 13.2. The van der Waals surface area contributed by atoms with Crippen LogP contribution in [0.5, 0.6) is 0 Å². The van der Waals surface area contributed by atoms with Crippen molar-refractivity contribution in [2.75, 3.05) is 39.3 Å². The molecule has 1 aromatic carbocycles. The van der Waals surface area contributed by atoms with Crippen molar-refractivity contribution >= 4 is 6.09 Å². The third kappa shape index (κ3) is 6.48. The van der Waals surface area contributed by atoms with Crippen LogP contribution in [0.2, 0.25) is 0 Å². The molecule has 184 valence electrons. The molecular formula is C27H42FN3O2. The van der Waals surface area contributed by atoms with Gasteiger partial charge in [0.2, 0.25) is 0 Å². The van der Waals surface area contributed by atoms with Crippen molar-refractivity contribution in [2.24, 2.45) is 11.8 Å². The van der Waals surface area contributed by atoms with E-state index in [1.807, 2.05) is 4.90 Å². The molecule has 1 saturated carbocycles. The van der Waals surface area contributed by atoms with Gasteiger partial charge in [-0.15, -0.1) is 0 Å². The monoisotopic (exact) mass is 459 g/mol. The van der Waals surface area contributed by atoms with Crippen molar-refractivity contribution in [3.63, 3.8) is 0 Å². The Hall–Kier alpha value is -1.66. The van der Waals surface area contributed by atoms with E-state index in [2.05, 4.69) is 23.6 Å². The molecule has 2 unspecified atom stereocenters. The lowest BCUT2D eigenvalue weighted by Crippen LogP contribution is -2.48. The minimum atomic E-state index is -0.275. The van der Waals surface area contributed by atoms with Crippen LogP contribution in [0.4, 0.5) is 9.18 Å². The molecular weight excluding hydrogens is 417 g/mol. The summed E-state index contributed by atoms with van der Waals surface area (Å²) in [6.45, 7) is 11.4. The summed E-state index contributed by atoms with van der Waals surface area (Å²) in [4.78, 5) is 20.2. The molecule has 0 N–H and O–H groups in total. The zero-order valence-electron chi connectivity index (χ0n) is 20.6. The predicted molar refractivity (Wildman–Crippen MR) is 130 cm³/mol. The van der Waals surface area contributed by atoms with E-state index in [1.165, 1.54) is 57.5 Å². The highest BCUT2D eigenvalue weighted by Gasteiger charge is 2.37. The molecule has 6 heteroatoms. The maximum atomic E-state index is 13.1. The second kappa shape index (κ2) is 11.7. The fourth-order valence-electron chi connectivity index (χ4n) is 6.18. The van der Waals surface area contributed by atoms with Gasteiger partial charge in [0.05, 0.1) is 0 Å². The summed E-state index contributed by atoms with van der Waals surface area (Å²) in [5.74, 6) is 1.34. The minimum absolute atomic E-state index is 0.190. The molecule has 1 aromatic rings. The second-order valence-corrected chi connectivity index (χ2v) is 10.5. The van der Waals surface area contributed by atoms with Crippen LogP contribution in [0, 0.1) is 17.7 Å². The van der Waals surface area contributed by atoms with E-state index in [-0.39, 0.29) is 24.6 Å². The van der Waals surface area contributed by atoms with Gasteiger partial charge in [-0.3, -0.25) is 0 Å². The van der Waals surface area contributed by atoms with Crippen molar-refractivity contribution in [3.8, 4) is 0 Å². The summed E-state index contributed by atoms with van der Waals surface area (Å²) >= 11 is 0. The van der Waals surface area contributed by atoms with E-state index >= 15 is 0 Å². The predicted octanol–water partition coefficient (Wildman–Crippen LogP) is 5.15. The van der Waals surface area contributed by atoms with Crippen LogP contribution in [0.15, 0.2) is 24.3 Å². The Labute approximate surface area is 199 Å². The van der Waals surface area contributed by atoms with Crippen molar-refractivity contribution in [3.05, 3.63) is 35.6 Å². The molecule has 0 aromatic heterocycles. The molecule has 4 rings (SSSR count). The average molecular weight is 460 g/mol. The highest BCUT2D eigenvalue weighted by molar-refractivity contribution is 5.68. The highest BCUT2D eigenvalue weighted by Crippen LogP contribution is 2.37. The Balaban J connectivity index is 1.23. The maximum absolute atomic E-state index is 13.1. The summed E-state index contributed by atoms with van der Waals surface area (Å²) in [5, 5.41) is 0. The fraction of sp³-hybridized carbons (Fsp3) is 0.741. The van der Waals surface area contributed by atoms with Crippen LogP contribution in [-0.4, -0.2) is 72.1 Å². The molecule has 2 saturated heterocycles. The third-order valence-corrected chi connectivity index (χ3v) is 8.15. The van der Waals surface area contributed by atoms with Gasteiger partial charge in [-0.25, -0.2) is 9.18 Å². The Kier molecular flexibility index (Phi) is 8.64. The molecule has 33 heavy (non-hydrogen) atoms. The zero-order chi connectivity index (χ0) is 23.2. The van der Waals surface area contributed by atoms with Crippen LogP contribution in [0.3, 0.4) is 0 Å². The van der Waals surface area contributed by atoms with Crippen molar-refractivity contribution in [1.82, 2.24) is 14.7 Å². The lowest BCUT2D eigenvalue weighted by molar-refractivity contribution is 0.0570. The average Bonchev–Trinajstić information content (AvgIpc) is 3.48. The molecule has 1 amide bonds. The summed E-state index contributed by atoms with van der Waals surface area (Å²) in [6, 6.07) is 7.21. The first kappa shape index (κ1) is 24.5. The van der Waals surface area contributed by atoms with Gasteiger partial charge in [0, 0.05) is 38.3 Å². The summed E-state index contributed by atoms with van der Waals surface area (Å²) < 4.78 is 18.7. The largest absolute Gasteiger partial charge is 0.445 e. The van der Waals surface area contributed by atoms with Crippen molar-refractivity contribution < 1.29 is 13.9 Å². The summed E-state index contributed by atoms with van der Waals surface area (Å²) in [5.41, 5.74) is 0.814. The number of carbonyl (C=O) groups is 1. The van der Waals surface area contributed by atoms with Crippen LogP contribution in [0.1, 0.15) is 64.4 Å². The number of halogens is 1. The molecule has 0 radical (unpaired) electrons. The lowest BCUT2D eigenvalue weighted by Gasteiger charge is -2.39. The van der Waals surface area contributed by atoms with Gasteiger partial charge in [0.25, 0.3) is 0 Å². The molecule has 3 fully saturated rings. The molecule has 3 atom stereocenters. The first-order chi connectivity index (χ1) is 16.0. The van der Waals surface area contributed by atoms with Crippen LogP contribution < -0.4 is 0 Å². The summed E-state index contributed by atoms with van der Waals surface area (Å²) in [7, 11) is 0. The number of hydrogen-bond donors (Lipinski definition) is 0. The second-order valence-electron chi connectivity index (χ2n) is 10.5. The molecule has 3 aliphatic rings. The normalized spacial score (nSPS) is 27.2. The van der Waals surface area contributed by atoms with Crippen molar-refractivity contribution in [2.45, 2.75) is 77.5 Å². The molecule has 2 aliphatic heterocycles. The van der Waals surface area contributed by atoms with E-state index in [9.17, 15) is 9.18 Å². The highest BCUT2D eigenvalue weighted by atomic mass is 19.1. The number of amides is 1. The molecule has 0 bridgehead atoms. The van der Waals surface area contributed by atoms with E-state index in [0.29, 0.717) is 0 Å². The number of ether oxygens (including phenoxy) is 1. The number of piperidine rings is 1. The number of nitrogens with zero attached hydrogens (tertiary/aromatic N) is 3. The number of likely N-dealkylation sites (tertiary alicyclic amines) is 2. The van der Waals surface area contributed by atoms with Gasteiger partial charge >= 0.3 is 6.09 Å². The van der Waals surface area contributed by atoms with Crippen LogP contribution >= 0.6 is 0 Å². The minimum Gasteiger partial charge on any atom is -0.445 e. The van der Waals surface area contributed by atoms with E-state index in [4.69, 9.17) is 4.74 Å². The lowest BCUT2D eigenvalue weighted by atomic mass is 9.95. The third-order valence-electron chi connectivity index (χ3n) is 8.15. The van der Waals surface area contributed by atoms with E-state index in [0.717, 1.165) is 62.3 Å². The number of rotatable bonds is 8. The standard InChI is InChI=1S/C27H42FN3O2/c1-3-12-31(27(32)33-20-22-6-8-24(28)9-7-22)25-10-15-29(16-11-25)19-23-18-26(17-21(23)2)30-13-4-5-14-30/h6-9,21,23,25-26H,3-5,10-20H2,1-2H3/t21?,23-,26?/m1/s1. The van der Waals surface area contributed by atoms with Gasteiger partial charge in [0.1, 0.15) is 12.4 Å². The molecule has 5 nitrogen and oxygen atoms in total. The van der Waals surface area contributed by atoms with Gasteiger partial charge in [-0.1, -0.05) is 26.0 Å². The first-order valence-electron chi connectivity index (χ1n) is 13.2. The van der Waals surface area contributed by atoms with Crippen LogP contribution in [0.25, 0.3) is 0 Å². The van der Waals surface area contributed by atoms with E-state index in [1.54, 1.807) is 12.1 Å². The van der Waals surface area contributed by atoms with E-state index < -0.39 is 0 Å². The number of hydrogen-bond acceptors (Lipinski definition) is 4. The molecule has 2 heterocycles.